The van der Waals surface area contributed by atoms with Gasteiger partial charge in [0.2, 0.25) is 0 Å². The Labute approximate surface area is 156 Å². The van der Waals surface area contributed by atoms with Gasteiger partial charge >= 0.3 is 0 Å². The number of benzene rings is 2. The third-order valence-electron chi connectivity index (χ3n) is 4.01. The first-order valence-corrected chi connectivity index (χ1v) is 8.53. The fourth-order valence-corrected chi connectivity index (χ4v) is 2.74. The molecule has 0 bridgehead atoms. The lowest BCUT2D eigenvalue weighted by atomic mass is 10.1. The van der Waals surface area contributed by atoms with E-state index < -0.39 is 0 Å². The fraction of sp³-hybridized carbons (Fsp3) is 0.263. The van der Waals surface area contributed by atoms with Crippen molar-refractivity contribution in [3.63, 3.8) is 0 Å². The monoisotopic (exact) mass is 374 g/mol. The fourth-order valence-electron chi connectivity index (χ4n) is 2.45. The summed E-state index contributed by atoms with van der Waals surface area (Å²) in [7, 11) is 2.95. The van der Waals surface area contributed by atoms with E-state index >= 15 is 0 Å². The minimum absolute atomic E-state index is 0.1000. The van der Waals surface area contributed by atoms with E-state index in [0.29, 0.717) is 34.4 Å². The second-order valence-corrected chi connectivity index (χ2v) is 6.38. The quantitative estimate of drug-likeness (QED) is 0.811. The van der Waals surface area contributed by atoms with Crippen LogP contribution in [0.2, 0.25) is 5.02 Å². The zero-order valence-electron chi connectivity index (χ0n) is 14.5. The minimum Gasteiger partial charge on any atom is -0.493 e. The molecule has 0 saturated heterocycles. The third kappa shape index (κ3) is 4.08. The van der Waals surface area contributed by atoms with E-state index in [0.717, 1.165) is 12.8 Å². The van der Waals surface area contributed by atoms with Crippen molar-refractivity contribution in [2.75, 3.05) is 19.5 Å². The molecule has 2 aromatic rings. The SMILES string of the molecule is COc1cc(C(=O)Nc2ccc(C(=O)NC3CC3)cc2)cc(Cl)c1OC. The molecule has 0 heterocycles. The first kappa shape index (κ1) is 18.1. The molecule has 26 heavy (non-hydrogen) atoms. The average molecular weight is 375 g/mol. The molecule has 1 aliphatic carbocycles. The van der Waals surface area contributed by atoms with Crippen LogP contribution in [-0.2, 0) is 0 Å². The van der Waals surface area contributed by atoms with Crippen molar-refractivity contribution in [1.29, 1.82) is 0 Å². The van der Waals surface area contributed by atoms with E-state index in [1.54, 1.807) is 30.3 Å². The van der Waals surface area contributed by atoms with Crippen LogP contribution in [0.1, 0.15) is 33.6 Å². The number of hydrogen-bond acceptors (Lipinski definition) is 4. The summed E-state index contributed by atoms with van der Waals surface area (Å²) < 4.78 is 10.4. The Balaban J connectivity index is 1.71. The van der Waals surface area contributed by atoms with Gasteiger partial charge in [0.25, 0.3) is 11.8 Å². The Bertz CT molecular complexity index is 832. The van der Waals surface area contributed by atoms with Crippen LogP contribution in [0, 0.1) is 0 Å². The predicted octanol–water partition coefficient (Wildman–Crippen LogP) is 3.50. The van der Waals surface area contributed by atoms with Gasteiger partial charge in [-0.15, -0.1) is 0 Å². The Morgan fingerprint density at radius 3 is 2.27 bits per heavy atom. The van der Waals surface area contributed by atoms with Gasteiger partial charge < -0.3 is 20.1 Å². The highest BCUT2D eigenvalue weighted by Crippen LogP contribution is 2.36. The van der Waals surface area contributed by atoms with Crippen molar-refractivity contribution >= 4 is 29.1 Å². The summed E-state index contributed by atoms with van der Waals surface area (Å²) >= 11 is 6.13. The summed E-state index contributed by atoms with van der Waals surface area (Å²) in [5.41, 5.74) is 1.47. The van der Waals surface area contributed by atoms with Crippen molar-refractivity contribution < 1.29 is 19.1 Å². The topological polar surface area (TPSA) is 76.7 Å². The summed E-state index contributed by atoms with van der Waals surface area (Å²) in [6.45, 7) is 0. The summed E-state index contributed by atoms with van der Waals surface area (Å²) in [5.74, 6) is 0.300. The average Bonchev–Trinajstić information content (AvgIpc) is 3.45. The highest BCUT2D eigenvalue weighted by atomic mass is 35.5. The molecule has 0 unspecified atom stereocenters. The van der Waals surface area contributed by atoms with Crippen molar-refractivity contribution in [2.45, 2.75) is 18.9 Å². The number of hydrogen-bond donors (Lipinski definition) is 2. The molecule has 2 aromatic carbocycles. The van der Waals surface area contributed by atoms with Gasteiger partial charge in [0.1, 0.15) is 0 Å². The van der Waals surface area contributed by atoms with Crippen LogP contribution in [0.25, 0.3) is 0 Å². The molecule has 7 heteroatoms. The van der Waals surface area contributed by atoms with E-state index in [1.165, 1.54) is 20.3 Å². The van der Waals surface area contributed by atoms with Gasteiger partial charge in [-0.2, -0.15) is 0 Å². The Morgan fingerprint density at radius 2 is 1.69 bits per heavy atom. The van der Waals surface area contributed by atoms with Gasteiger partial charge in [0.15, 0.2) is 11.5 Å². The van der Waals surface area contributed by atoms with E-state index in [2.05, 4.69) is 10.6 Å². The normalized spacial score (nSPS) is 13.0. The number of carbonyl (C=O) groups excluding carboxylic acids is 2. The van der Waals surface area contributed by atoms with Gasteiger partial charge in [0.05, 0.1) is 19.2 Å². The molecule has 2 N–H and O–H groups in total. The van der Waals surface area contributed by atoms with Crippen LogP contribution in [-0.4, -0.2) is 32.1 Å². The molecule has 3 rings (SSSR count). The Morgan fingerprint density at radius 1 is 1.00 bits per heavy atom. The van der Waals surface area contributed by atoms with Crippen LogP contribution in [0.3, 0.4) is 0 Å². The second kappa shape index (κ2) is 7.66. The van der Waals surface area contributed by atoms with Gasteiger partial charge in [-0.3, -0.25) is 9.59 Å². The third-order valence-corrected chi connectivity index (χ3v) is 4.29. The van der Waals surface area contributed by atoms with Crippen LogP contribution < -0.4 is 20.1 Å². The number of carbonyl (C=O) groups is 2. The number of anilines is 1. The standard InChI is InChI=1S/C19H19ClN2O4/c1-25-16-10-12(9-15(20)17(16)26-2)19(24)22-13-5-3-11(4-6-13)18(23)21-14-7-8-14/h3-6,9-10,14H,7-8H2,1-2H3,(H,21,23)(H,22,24). The lowest BCUT2D eigenvalue weighted by Gasteiger charge is -2.12. The molecule has 6 nitrogen and oxygen atoms in total. The maximum absolute atomic E-state index is 12.5. The van der Waals surface area contributed by atoms with E-state index in [4.69, 9.17) is 21.1 Å². The first-order chi connectivity index (χ1) is 12.5. The first-order valence-electron chi connectivity index (χ1n) is 8.15. The summed E-state index contributed by atoms with van der Waals surface area (Å²) in [6, 6.07) is 10.1. The number of methoxy groups -OCH3 is 2. The number of ether oxygens (including phenoxy) is 2. The molecular weight excluding hydrogens is 356 g/mol. The highest BCUT2D eigenvalue weighted by molar-refractivity contribution is 6.32. The molecule has 0 spiro atoms. The van der Waals surface area contributed by atoms with Gasteiger partial charge in [-0.05, 0) is 49.2 Å². The smallest absolute Gasteiger partial charge is 0.255 e. The second-order valence-electron chi connectivity index (χ2n) is 5.97. The summed E-state index contributed by atoms with van der Waals surface area (Å²) in [6.07, 6.45) is 2.07. The highest BCUT2D eigenvalue weighted by Gasteiger charge is 2.23. The van der Waals surface area contributed by atoms with E-state index in [9.17, 15) is 9.59 Å². The van der Waals surface area contributed by atoms with Gasteiger partial charge in [0, 0.05) is 22.9 Å². The number of amides is 2. The molecule has 0 aliphatic heterocycles. The molecule has 136 valence electrons. The summed E-state index contributed by atoms with van der Waals surface area (Å²) in [5, 5.41) is 5.97. The van der Waals surface area contributed by atoms with E-state index in [1.807, 2.05) is 0 Å². The molecule has 1 fully saturated rings. The molecule has 0 aromatic heterocycles. The largest absolute Gasteiger partial charge is 0.493 e. The molecule has 2 amide bonds. The maximum Gasteiger partial charge on any atom is 0.255 e. The van der Waals surface area contributed by atoms with Crippen LogP contribution >= 0.6 is 11.6 Å². The molecule has 1 aliphatic rings. The predicted molar refractivity (Wildman–Crippen MR) is 99.4 cm³/mol. The number of nitrogens with one attached hydrogen (secondary N) is 2. The lowest BCUT2D eigenvalue weighted by molar-refractivity contribution is 0.0950. The van der Waals surface area contributed by atoms with Crippen LogP contribution in [0.5, 0.6) is 11.5 Å². The molecule has 0 radical (unpaired) electrons. The Hall–Kier alpha value is -2.73. The molecular formula is C19H19ClN2O4. The van der Waals surface area contributed by atoms with Crippen molar-refractivity contribution in [3.05, 3.63) is 52.5 Å². The van der Waals surface area contributed by atoms with Crippen molar-refractivity contribution in [2.24, 2.45) is 0 Å². The lowest BCUT2D eigenvalue weighted by Crippen LogP contribution is -2.25. The van der Waals surface area contributed by atoms with Gasteiger partial charge in [-0.25, -0.2) is 0 Å². The number of halogens is 1. The van der Waals surface area contributed by atoms with E-state index in [-0.39, 0.29) is 16.8 Å². The zero-order chi connectivity index (χ0) is 18.7. The van der Waals surface area contributed by atoms with Crippen LogP contribution in [0.15, 0.2) is 36.4 Å². The van der Waals surface area contributed by atoms with Crippen LogP contribution in [0.4, 0.5) is 5.69 Å². The van der Waals surface area contributed by atoms with Crippen molar-refractivity contribution in [1.82, 2.24) is 5.32 Å². The van der Waals surface area contributed by atoms with Gasteiger partial charge in [-0.1, -0.05) is 11.6 Å². The molecule has 1 saturated carbocycles. The zero-order valence-corrected chi connectivity index (χ0v) is 15.2. The molecule has 0 atom stereocenters. The van der Waals surface area contributed by atoms with Crippen molar-refractivity contribution in [3.8, 4) is 11.5 Å². The minimum atomic E-state index is -0.344. The Kier molecular flexibility index (Phi) is 5.32. The summed E-state index contributed by atoms with van der Waals surface area (Å²) in [4.78, 5) is 24.4. The number of rotatable bonds is 6. The maximum atomic E-state index is 12.5.